The number of nitrogens with one attached hydrogen (secondary N) is 1. The van der Waals surface area contributed by atoms with E-state index in [9.17, 15) is 9.59 Å². The quantitative estimate of drug-likeness (QED) is 0.629. The second-order valence-corrected chi connectivity index (χ2v) is 5.35. The maximum absolute atomic E-state index is 12.4. The summed E-state index contributed by atoms with van der Waals surface area (Å²) < 4.78 is 6.71. The molecule has 4 rings (SSSR count). The number of H-pyrrole nitrogens is 1. The lowest BCUT2D eigenvalue weighted by molar-refractivity contribution is 0.490. The van der Waals surface area contributed by atoms with Crippen LogP contribution in [0.15, 0.2) is 75.0 Å². The molecule has 1 aromatic carbocycles. The van der Waals surface area contributed by atoms with Crippen LogP contribution in [-0.4, -0.2) is 14.5 Å². The molecule has 4 aromatic rings. The van der Waals surface area contributed by atoms with E-state index in [4.69, 9.17) is 4.42 Å². The molecule has 3 heterocycles. The van der Waals surface area contributed by atoms with Crippen molar-refractivity contribution in [2.75, 3.05) is 0 Å². The van der Waals surface area contributed by atoms with Crippen LogP contribution in [0.5, 0.6) is 0 Å². The number of benzene rings is 1. The van der Waals surface area contributed by atoms with Crippen LogP contribution in [0.25, 0.3) is 22.2 Å². The molecule has 0 amide bonds. The number of hydrogen-bond acceptors (Lipinski definition) is 4. The van der Waals surface area contributed by atoms with Crippen molar-refractivity contribution in [1.82, 2.24) is 14.5 Å². The molecule has 0 radical (unpaired) electrons. The van der Waals surface area contributed by atoms with Gasteiger partial charge in [-0.25, -0.2) is 9.78 Å². The maximum atomic E-state index is 12.4. The van der Waals surface area contributed by atoms with Gasteiger partial charge in [0, 0.05) is 6.20 Å². The minimum absolute atomic E-state index is 0.199. The van der Waals surface area contributed by atoms with Gasteiger partial charge in [-0.3, -0.25) is 14.3 Å². The molecule has 118 valence electrons. The third kappa shape index (κ3) is 2.34. The summed E-state index contributed by atoms with van der Waals surface area (Å²) >= 11 is 0. The van der Waals surface area contributed by atoms with Gasteiger partial charge in [-0.1, -0.05) is 30.3 Å². The Morgan fingerprint density at radius 3 is 2.62 bits per heavy atom. The summed E-state index contributed by atoms with van der Waals surface area (Å²) in [6.07, 6.45) is 3.14. The van der Waals surface area contributed by atoms with Gasteiger partial charge in [-0.05, 0) is 29.3 Å². The van der Waals surface area contributed by atoms with E-state index in [1.807, 2.05) is 30.3 Å². The Hall–Kier alpha value is -3.41. The zero-order valence-electron chi connectivity index (χ0n) is 12.6. The zero-order chi connectivity index (χ0) is 16.5. The van der Waals surface area contributed by atoms with Gasteiger partial charge in [-0.15, -0.1) is 0 Å². The molecule has 0 saturated heterocycles. The van der Waals surface area contributed by atoms with E-state index in [2.05, 4.69) is 9.97 Å². The van der Waals surface area contributed by atoms with Crippen molar-refractivity contribution in [3.63, 3.8) is 0 Å². The molecule has 0 unspecified atom stereocenters. The molecule has 0 aliphatic rings. The third-order valence-corrected chi connectivity index (χ3v) is 3.86. The van der Waals surface area contributed by atoms with Crippen LogP contribution in [0, 0.1) is 0 Å². The molecule has 0 saturated carbocycles. The van der Waals surface area contributed by atoms with Crippen molar-refractivity contribution >= 4 is 11.0 Å². The van der Waals surface area contributed by atoms with E-state index in [1.54, 1.807) is 24.4 Å². The monoisotopic (exact) mass is 319 g/mol. The van der Waals surface area contributed by atoms with Crippen molar-refractivity contribution in [1.29, 1.82) is 0 Å². The van der Waals surface area contributed by atoms with Gasteiger partial charge in [0.15, 0.2) is 5.65 Å². The molecule has 0 bridgehead atoms. The molecule has 6 nitrogen and oxygen atoms in total. The maximum Gasteiger partial charge on any atom is 0.330 e. The van der Waals surface area contributed by atoms with Crippen molar-refractivity contribution in [2.24, 2.45) is 0 Å². The molecule has 0 aliphatic carbocycles. The minimum Gasteiger partial charge on any atom is -0.467 e. The van der Waals surface area contributed by atoms with Crippen LogP contribution >= 0.6 is 0 Å². The predicted molar refractivity (Wildman–Crippen MR) is 89.9 cm³/mol. The Labute approximate surface area is 136 Å². The molecule has 3 aromatic heterocycles. The minimum atomic E-state index is -0.512. The number of rotatable bonds is 3. The molecule has 0 spiro atoms. The van der Waals surface area contributed by atoms with E-state index < -0.39 is 11.2 Å². The summed E-state index contributed by atoms with van der Waals surface area (Å²) in [6, 6.07) is 14.8. The highest BCUT2D eigenvalue weighted by molar-refractivity contribution is 5.91. The Morgan fingerprint density at radius 1 is 1.04 bits per heavy atom. The standard InChI is InChI=1S/C18H13N3O3/c22-17-15-14(12-5-2-1-3-6-12)8-9-19-16(15)21(18(23)20-17)11-13-7-4-10-24-13/h1-10H,11H2,(H,20,22,23). The lowest BCUT2D eigenvalue weighted by Crippen LogP contribution is -2.31. The molecule has 0 aliphatic heterocycles. The van der Waals surface area contributed by atoms with E-state index in [0.29, 0.717) is 16.8 Å². The van der Waals surface area contributed by atoms with Crippen LogP contribution in [0.2, 0.25) is 0 Å². The van der Waals surface area contributed by atoms with Crippen LogP contribution in [0.4, 0.5) is 0 Å². The van der Waals surface area contributed by atoms with Crippen molar-refractivity contribution in [2.45, 2.75) is 6.54 Å². The second kappa shape index (κ2) is 5.66. The zero-order valence-corrected chi connectivity index (χ0v) is 12.6. The third-order valence-electron chi connectivity index (χ3n) is 3.86. The van der Waals surface area contributed by atoms with Gasteiger partial charge in [0.05, 0.1) is 18.2 Å². The number of aromatic nitrogens is 3. The lowest BCUT2D eigenvalue weighted by Gasteiger charge is -2.10. The first-order valence-electron chi connectivity index (χ1n) is 7.43. The van der Waals surface area contributed by atoms with Crippen LogP contribution in [0.1, 0.15) is 5.76 Å². The second-order valence-electron chi connectivity index (χ2n) is 5.35. The summed E-state index contributed by atoms with van der Waals surface area (Å²) in [5.74, 6) is 0.609. The van der Waals surface area contributed by atoms with E-state index in [-0.39, 0.29) is 6.54 Å². The highest BCUT2D eigenvalue weighted by Gasteiger charge is 2.14. The fourth-order valence-corrected chi connectivity index (χ4v) is 2.77. The van der Waals surface area contributed by atoms with Crippen LogP contribution in [-0.2, 0) is 6.54 Å². The summed E-state index contributed by atoms with van der Waals surface area (Å²) in [6.45, 7) is 0.199. The smallest absolute Gasteiger partial charge is 0.330 e. The Bertz CT molecular complexity index is 1110. The first-order valence-corrected chi connectivity index (χ1v) is 7.43. The number of aromatic amines is 1. The van der Waals surface area contributed by atoms with E-state index in [0.717, 1.165) is 11.1 Å². The molecule has 0 fully saturated rings. The predicted octanol–water partition coefficient (Wildman–Crippen LogP) is 2.39. The van der Waals surface area contributed by atoms with Gasteiger partial charge in [0.2, 0.25) is 0 Å². The summed E-state index contributed by atoms with van der Waals surface area (Å²) in [5, 5.41) is 0.384. The largest absolute Gasteiger partial charge is 0.467 e. The summed E-state index contributed by atoms with van der Waals surface area (Å²) in [7, 11) is 0. The van der Waals surface area contributed by atoms with Gasteiger partial charge < -0.3 is 4.42 Å². The first kappa shape index (κ1) is 14.2. The van der Waals surface area contributed by atoms with Gasteiger partial charge in [0.25, 0.3) is 5.56 Å². The van der Waals surface area contributed by atoms with Crippen LogP contribution in [0.3, 0.4) is 0 Å². The normalized spacial score (nSPS) is 11.0. The highest BCUT2D eigenvalue weighted by Crippen LogP contribution is 2.24. The SMILES string of the molecule is O=c1[nH]c(=O)n(Cc2ccco2)c2nccc(-c3ccccc3)c12. The van der Waals surface area contributed by atoms with Crippen molar-refractivity contribution < 1.29 is 4.42 Å². The Balaban J connectivity index is 2.02. The van der Waals surface area contributed by atoms with E-state index >= 15 is 0 Å². The number of nitrogens with zero attached hydrogens (tertiary/aromatic N) is 2. The fraction of sp³-hybridized carbons (Fsp3) is 0.0556. The number of pyridine rings is 1. The molecule has 1 N–H and O–H groups in total. The number of hydrogen-bond donors (Lipinski definition) is 1. The molecular formula is C18H13N3O3. The molecule has 6 heteroatoms. The Kier molecular flexibility index (Phi) is 3.35. The van der Waals surface area contributed by atoms with Crippen LogP contribution < -0.4 is 11.2 Å². The average Bonchev–Trinajstić information content (AvgIpc) is 3.12. The average molecular weight is 319 g/mol. The molecule has 24 heavy (non-hydrogen) atoms. The van der Waals surface area contributed by atoms with Gasteiger partial charge >= 0.3 is 5.69 Å². The molecule has 0 atom stereocenters. The number of furan rings is 1. The van der Waals surface area contributed by atoms with Gasteiger partial charge in [-0.2, -0.15) is 0 Å². The van der Waals surface area contributed by atoms with Crippen molar-refractivity contribution in [3.8, 4) is 11.1 Å². The summed E-state index contributed by atoms with van der Waals surface area (Å²) in [5.41, 5.74) is 0.995. The topological polar surface area (TPSA) is 80.9 Å². The highest BCUT2D eigenvalue weighted by atomic mass is 16.3. The Morgan fingerprint density at radius 2 is 1.88 bits per heavy atom. The van der Waals surface area contributed by atoms with E-state index in [1.165, 1.54) is 10.8 Å². The van der Waals surface area contributed by atoms with Crippen molar-refractivity contribution in [3.05, 3.63) is 87.6 Å². The summed E-state index contributed by atoms with van der Waals surface area (Å²) in [4.78, 5) is 31.3. The van der Waals surface area contributed by atoms with Gasteiger partial charge in [0.1, 0.15) is 5.76 Å². The first-order chi connectivity index (χ1) is 11.7. The lowest BCUT2D eigenvalue weighted by atomic mass is 10.0. The molecular weight excluding hydrogens is 306 g/mol. The fourth-order valence-electron chi connectivity index (χ4n) is 2.77. The number of fused-ring (bicyclic) bond motifs is 1.